The van der Waals surface area contributed by atoms with Crippen LogP contribution in [-0.2, 0) is 5.41 Å². The number of imidazole rings is 1. The van der Waals surface area contributed by atoms with Crippen molar-refractivity contribution in [1.29, 1.82) is 5.26 Å². The lowest BCUT2D eigenvalue weighted by Crippen LogP contribution is -2.18. The van der Waals surface area contributed by atoms with Crippen LogP contribution in [0.15, 0.2) is 67.4 Å². The first-order valence-corrected chi connectivity index (χ1v) is 11.4. The third-order valence-corrected chi connectivity index (χ3v) is 5.92. The number of amides is 1. The molecule has 3 aromatic heterocycles. The SMILES string of the molecule is CC(C)(C#N)c1cc(F)cc(C(=O)Nc2cc(Nc3ncccc3-c3ncnc4nc[nH]c34)ccc2F)c1. The van der Waals surface area contributed by atoms with E-state index in [9.17, 15) is 18.8 Å². The Morgan fingerprint density at radius 2 is 1.89 bits per heavy atom. The van der Waals surface area contributed by atoms with Crippen LogP contribution in [0.2, 0.25) is 0 Å². The Hall–Kier alpha value is -5.24. The molecule has 3 N–H and O–H groups in total. The maximum Gasteiger partial charge on any atom is 0.255 e. The van der Waals surface area contributed by atoms with Gasteiger partial charge in [0.05, 0.1) is 23.5 Å². The number of benzene rings is 2. The second-order valence-corrected chi connectivity index (χ2v) is 8.96. The van der Waals surface area contributed by atoms with E-state index in [1.54, 1.807) is 26.1 Å². The quantitative estimate of drug-likeness (QED) is 0.275. The average molecular weight is 511 g/mol. The number of hydrogen-bond donors (Lipinski definition) is 3. The van der Waals surface area contributed by atoms with Gasteiger partial charge in [0.1, 0.15) is 35.0 Å². The van der Waals surface area contributed by atoms with Crippen molar-refractivity contribution < 1.29 is 13.6 Å². The zero-order valence-corrected chi connectivity index (χ0v) is 20.3. The molecule has 11 heteroatoms. The first kappa shape index (κ1) is 24.5. The molecule has 0 fully saturated rings. The maximum atomic E-state index is 14.7. The third-order valence-electron chi connectivity index (χ3n) is 5.92. The highest BCUT2D eigenvalue weighted by Crippen LogP contribution is 2.31. The predicted molar refractivity (Wildman–Crippen MR) is 138 cm³/mol. The number of nitrogens with one attached hydrogen (secondary N) is 3. The highest BCUT2D eigenvalue weighted by molar-refractivity contribution is 6.04. The van der Waals surface area contributed by atoms with E-state index in [1.165, 1.54) is 43.0 Å². The van der Waals surface area contributed by atoms with Crippen molar-refractivity contribution in [2.45, 2.75) is 19.3 Å². The Bertz CT molecular complexity index is 1720. The van der Waals surface area contributed by atoms with Crippen molar-refractivity contribution >= 4 is 34.3 Å². The van der Waals surface area contributed by atoms with Crippen LogP contribution in [0, 0.1) is 23.0 Å². The molecule has 188 valence electrons. The molecule has 0 radical (unpaired) electrons. The number of carbonyl (C=O) groups is 1. The number of aromatic amines is 1. The smallest absolute Gasteiger partial charge is 0.255 e. The molecule has 0 saturated carbocycles. The van der Waals surface area contributed by atoms with Crippen LogP contribution in [0.25, 0.3) is 22.4 Å². The van der Waals surface area contributed by atoms with E-state index in [0.717, 1.165) is 6.07 Å². The molecule has 3 heterocycles. The van der Waals surface area contributed by atoms with Crippen molar-refractivity contribution in [2.24, 2.45) is 0 Å². The molecule has 0 saturated heterocycles. The lowest BCUT2D eigenvalue weighted by atomic mass is 9.85. The minimum Gasteiger partial charge on any atom is -0.341 e. The van der Waals surface area contributed by atoms with Crippen LogP contribution in [0.1, 0.15) is 29.8 Å². The van der Waals surface area contributed by atoms with Gasteiger partial charge in [-0.1, -0.05) is 0 Å². The zero-order chi connectivity index (χ0) is 26.9. The Morgan fingerprint density at radius 1 is 1.05 bits per heavy atom. The Labute approximate surface area is 215 Å². The van der Waals surface area contributed by atoms with Gasteiger partial charge >= 0.3 is 0 Å². The lowest BCUT2D eigenvalue weighted by molar-refractivity contribution is 0.102. The highest BCUT2D eigenvalue weighted by atomic mass is 19.1. The van der Waals surface area contributed by atoms with E-state index in [-0.39, 0.29) is 11.3 Å². The Balaban J connectivity index is 1.44. The second-order valence-electron chi connectivity index (χ2n) is 8.96. The first-order valence-electron chi connectivity index (χ1n) is 11.4. The van der Waals surface area contributed by atoms with Crippen LogP contribution in [-0.4, -0.2) is 30.8 Å². The van der Waals surface area contributed by atoms with Gasteiger partial charge in [0.15, 0.2) is 5.65 Å². The number of H-pyrrole nitrogens is 1. The van der Waals surface area contributed by atoms with Gasteiger partial charge in [-0.15, -0.1) is 0 Å². The minimum absolute atomic E-state index is 0.0413. The van der Waals surface area contributed by atoms with Gasteiger partial charge in [0.2, 0.25) is 0 Å². The van der Waals surface area contributed by atoms with Crippen molar-refractivity contribution in [1.82, 2.24) is 24.9 Å². The molecule has 0 aliphatic carbocycles. The molecular formula is C27H20F2N8O. The predicted octanol–water partition coefficient (Wildman–Crippen LogP) is 5.49. The Kier molecular flexibility index (Phi) is 6.22. The summed E-state index contributed by atoms with van der Waals surface area (Å²) in [4.78, 5) is 33.0. The molecule has 9 nitrogen and oxygen atoms in total. The number of aromatic nitrogens is 5. The summed E-state index contributed by atoms with van der Waals surface area (Å²) in [5.74, 6) is -1.66. The summed E-state index contributed by atoms with van der Waals surface area (Å²) in [5.41, 5.74) is 1.92. The van der Waals surface area contributed by atoms with Crippen LogP contribution >= 0.6 is 0 Å². The van der Waals surface area contributed by atoms with Gasteiger partial charge in [-0.2, -0.15) is 5.26 Å². The fourth-order valence-corrected chi connectivity index (χ4v) is 3.84. The second kappa shape index (κ2) is 9.67. The third kappa shape index (κ3) is 4.75. The summed E-state index contributed by atoms with van der Waals surface area (Å²) in [6.07, 6.45) is 4.51. The van der Waals surface area contributed by atoms with E-state index in [1.807, 2.05) is 6.07 Å². The molecule has 0 aliphatic rings. The molecule has 1 amide bonds. The Morgan fingerprint density at radius 3 is 2.71 bits per heavy atom. The fraction of sp³-hybridized carbons (Fsp3) is 0.111. The molecule has 0 bridgehead atoms. The van der Waals surface area contributed by atoms with E-state index in [4.69, 9.17) is 0 Å². The lowest BCUT2D eigenvalue weighted by Gasteiger charge is -2.17. The van der Waals surface area contributed by atoms with Gasteiger partial charge in [0.25, 0.3) is 5.91 Å². The number of anilines is 3. The summed E-state index contributed by atoms with van der Waals surface area (Å²) in [6.45, 7) is 3.23. The van der Waals surface area contributed by atoms with Crippen LogP contribution < -0.4 is 10.6 Å². The fourth-order valence-electron chi connectivity index (χ4n) is 3.84. The zero-order valence-electron chi connectivity index (χ0n) is 20.3. The number of nitrogens with zero attached hydrogens (tertiary/aromatic N) is 5. The molecular weight excluding hydrogens is 490 g/mol. The number of pyridine rings is 1. The average Bonchev–Trinajstić information content (AvgIpc) is 3.40. The largest absolute Gasteiger partial charge is 0.341 e. The summed E-state index contributed by atoms with van der Waals surface area (Å²) in [7, 11) is 0. The molecule has 5 rings (SSSR count). The number of rotatable bonds is 6. The van der Waals surface area contributed by atoms with Gasteiger partial charge < -0.3 is 15.6 Å². The normalized spacial score (nSPS) is 11.2. The molecule has 0 aliphatic heterocycles. The topological polar surface area (TPSA) is 132 Å². The van der Waals surface area contributed by atoms with Gasteiger partial charge in [-0.3, -0.25) is 4.79 Å². The molecule has 0 spiro atoms. The standard InChI is InChI=1S/C27H20F2N8O/c1-27(2,12-30)16-8-15(9-17(28)10-16)26(38)37-21-11-18(5-6-20(21)29)36-24-19(4-3-7-31-24)22-23-25(34-13-32-22)35-14-33-23/h3-11,13-14H,1-2H3,(H,31,36)(H,37,38)(H,32,33,34,35). The van der Waals surface area contributed by atoms with Gasteiger partial charge in [-0.05, 0) is 67.9 Å². The van der Waals surface area contributed by atoms with E-state index < -0.39 is 23.0 Å². The maximum absolute atomic E-state index is 14.7. The van der Waals surface area contributed by atoms with E-state index >= 15 is 0 Å². The number of nitriles is 1. The number of hydrogen-bond acceptors (Lipinski definition) is 7. The molecule has 0 atom stereocenters. The van der Waals surface area contributed by atoms with E-state index in [0.29, 0.717) is 39.5 Å². The van der Waals surface area contributed by atoms with Crippen molar-refractivity contribution in [3.63, 3.8) is 0 Å². The number of halogens is 2. The first-order chi connectivity index (χ1) is 18.2. The molecule has 5 aromatic rings. The van der Waals surface area contributed by atoms with Crippen LogP contribution in [0.5, 0.6) is 0 Å². The summed E-state index contributed by atoms with van der Waals surface area (Å²) < 4.78 is 28.9. The number of carbonyl (C=O) groups excluding carboxylic acids is 1. The summed E-state index contributed by atoms with van der Waals surface area (Å²) in [5, 5.41) is 15.0. The van der Waals surface area contributed by atoms with Gasteiger partial charge in [0, 0.05) is 23.0 Å². The van der Waals surface area contributed by atoms with Gasteiger partial charge in [-0.25, -0.2) is 28.7 Å². The molecule has 38 heavy (non-hydrogen) atoms. The van der Waals surface area contributed by atoms with Crippen molar-refractivity contribution in [2.75, 3.05) is 10.6 Å². The van der Waals surface area contributed by atoms with Crippen molar-refractivity contribution in [3.8, 4) is 17.3 Å². The molecule has 0 unspecified atom stereocenters. The summed E-state index contributed by atoms with van der Waals surface area (Å²) >= 11 is 0. The highest BCUT2D eigenvalue weighted by Gasteiger charge is 2.23. The van der Waals surface area contributed by atoms with E-state index in [2.05, 4.69) is 41.6 Å². The van der Waals surface area contributed by atoms with Crippen molar-refractivity contribution in [3.05, 3.63) is 90.1 Å². The monoisotopic (exact) mass is 510 g/mol. The van der Waals surface area contributed by atoms with Crippen LogP contribution in [0.4, 0.5) is 26.0 Å². The molecule has 2 aromatic carbocycles. The minimum atomic E-state index is -1.02. The summed E-state index contributed by atoms with van der Waals surface area (Å²) in [6, 6.07) is 13.4. The van der Waals surface area contributed by atoms with Crippen LogP contribution in [0.3, 0.4) is 0 Å². The number of fused-ring (bicyclic) bond motifs is 1.